The van der Waals surface area contributed by atoms with E-state index in [2.05, 4.69) is 24.1 Å². The van der Waals surface area contributed by atoms with Crippen molar-refractivity contribution < 1.29 is 0 Å². The van der Waals surface area contributed by atoms with Crippen LogP contribution >= 0.6 is 0 Å². The number of nitrogens with two attached hydrogens (primary N) is 1. The van der Waals surface area contributed by atoms with Gasteiger partial charge < -0.3 is 5.73 Å². The largest absolute Gasteiger partial charge is 0.328 e. The highest BCUT2D eigenvalue weighted by atomic mass is 15.2. The second-order valence-corrected chi connectivity index (χ2v) is 5.16. The van der Waals surface area contributed by atoms with Gasteiger partial charge in [0.05, 0.1) is 0 Å². The third kappa shape index (κ3) is 2.82. The number of hydrogen-bond acceptors (Lipinski definition) is 2. The molecule has 0 aromatic heterocycles. The molecule has 2 aliphatic rings. The van der Waals surface area contributed by atoms with E-state index in [-0.39, 0.29) is 0 Å². The molecule has 1 saturated carbocycles. The first-order chi connectivity index (χ1) is 7.27. The zero-order valence-electron chi connectivity index (χ0n) is 9.86. The Morgan fingerprint density at radius 1 is 1.13 bits per heavy atom. The van der Waals surface area contributed by atoms with Crippen LogP contribution in [-0.4, -0.2) is 30.1 Å². The van der Waals surface area contributed by atoms with Crippen LogP contribution in [0.25, 0.3) is 0 Å². The van der Waals surface area contributed by atoms with E-state index < -0.39 is 0 Å². The molecule has 0 radical (unpaired) electrons. The number of likely N-dealkylation sites (N-methyl/N-ethyl adjacent to an activating group) is 1. The topological polar surface area (TPSA) is 29.3 Å². The fraction of sp³-hybridized carbons (Fsp3) is 0.846. The second-order valence-electron chi connectivity index (χ2n) is 5.16. The maximum Gasteiger partial charge on any atom is 0.0278 e. The molecule has 0 aromatic rings. The minimum Gasteiger partial charge on any atom is -0.328 e. The smallest absolute Gasteiger partial charge is 0.0278 e. The molecule has 2 rings (SSSR count). The summed E-state index contributed by atoms with van der Waals surface area (Å²) in [4.78, 5) is 2.58. The van der Waals surface area contributed by atoms with E-state index in [4.69, 9.17) is 5.73 Å². The van der Waals surface area contributed by atoms with Crippen molar-refractivity contribution in [2.24, 2.45) is 5.73 Å². The molecule has 86 valence electrons. The van der Waals surface area contributed by atoms with E-state index in [1.807, 2.05) is 0 Å². The molecule has 1 unspecified atom stereocenters. The van der Waals surface area contributed by atoms with Gasteiger partial charge in [-0.3, -0.25) is 4.90 Å². The Morgan fingerprint density at radius 2 is 1.87 bits per heavy atom. The van der Waals surface area contributed by atoms with Crippen molar-refractivity contribution in [1.29, 1.82) is 0 Å². The fourth-order valence-corrected chi connectivity index (χ4v) is 2.91. The summed E-state index contributed by atoms with van der Waals surface area (Å²) in [6.07, 6.45) is 13.7. The average Bonchev–Trinajstić information content (AvgIpc) is 2.30. The van der Waals surface area contributed by atoms with Gasteiger partial charge in [0.2, 0.25) is 0 Å². The fourth-order valence-electron chi connectivity index (χ4n) is 2.91. The third-order valence-corrected chi connectivity index (χ3v) is 4.07. The molecule has 2 N–H and O–H groups in total. The second kappa shape index (κ2) is 5.13. The van der Waals surface area contributed by atoms with Gasteiger partial charge in [-0.05, 0) is 52.0 Å². The van der Waals surface area contributed by atoms with E-state index in [0.29, 0.717) is 12.1 Å². The first-order valence-corrected chi connectivity index (χ1v) is 6.41. The van der Waals surface area contributed by atoms with Crippen molar-refractivity contribution >= 4 is 0 Å². The molecule has 2 nitrogen and oxygen atoms in total. The number of hydrogen-bond donors (Lipinski definition) is 1. The van der Waals surface area contributed by atoms with Gasteiger partial charge in [-0.25, -0.2) is 0 Å². The number of rotatable bonds is 2. The molecule has 2 heteroatoms. The molecule has 0 amide bonds. The quantitative estimate of drug-likeness (QED) is 0.706. The van der Waals surface area contributed by atoms with Crippen LogP contribution in [0.15, 0.2) is 12.2 Å². The molecule has 2 aliphatic carbocycles. The summed E-state index contributed by atoms with van der Waals surface area (Å²) in [5, 5.41) is 0. The molecule has 0 aromatic carbocycles. The molecule has 0 heterocycles. The van der Waals surface area contributed by atoms with E-state index in [1.54, 1.807) is 0 Å². The van der Waals surface area contributed by atoms with Crippen LogP contribution < -0.4 is 5.73 Å². The maximum atomic E-state index is 5.94. The van der Waals surface area contributed by atoms with Gasteiger partial charge in [-0.15, -0.1) is 0 Å². The summed E-state index contributed by atoms with van der Waals surface area (Å²) < 4.78 is 0. The van der Waals surface area contributed by atoms with Gasteiger partial charge in [0.15, 0.2) is 0 Å². The summed E-state index contributed by atoms with van der Waals surface area (Å²) in [6.45, 7) is 0. The van der Waals surface area contributed by atoms with E-state index >= 15 is 0 Å². The van der Waals surface area contributed by atoms with Crippen LogP contribution in [0, 0.1) is 0 Å². The Bertz CT molecular complexity index is 217. The van der Waals surface area contributed by atoms with E-state index in [9.17, 15) is 0 Å². The summed E-state index contributed by atoms with van der Waals surface area (Å²) in [6, 6.07) is 1.94. The van der Waals surface area contributed by atoms with Crippen LogP contribution in [0.3, 0.4) is 0 Å². The van der Waals surface area contributed by atoms with Crippen molar-refractivity contribution in [2.75, 3.05) is 7.05 Å². The standard InChI is InChI=1S/C13H24N2/c1-15(12-5-3-2-4-6-12)13-9-7-11(14)8-10-13/h3,5,11-13H,2,4,6-10,14H2,1H3. The predicted octanol–water partition coefficient (Wildman–Crippen LogP) is 2.30. The molecule has 0 saturated heterocycles. The van der Waals surface area contributed by atoms with Gasteiger partial charge in [0.25, 0.3) is 0 Å². The molecule has 0 bridgehead atoms. The lowest BCUT2D eigenvalue weighted by molar-refractivity contribution is 0.145. The minimum absolute atomic E-state index is 0.469. The molecule has 15 heavy (non-hydrogen) atoms. The monoisotopic (exact) mass is 208 g/mol. The lowest BCUT2D eigenvalue weighted by Crippen LogP contribution is -2.43. The number of nitrogens with zero attached hydrogens (tertiary/aromatic N) is 1. The third-order valence-electron chi connectivity index (χ3n) is 4.07. The Balaban J connectivity index is 1.86. The molecular weight excluding hydrogens is 184 g/mol. The summed E-state index contributed by atoms with van der Waals surface area (Å²) in [7, 11) is 2.29. The summed E-state index contributed by atoms with van der Waals surface area (Å²) in [5.74, 6) is 0. The van der Waals surface area contributed by atoms with Crippen LogP contribution in [0.4, 0.5) is 0 Å². The van der Waals surface area contributed by atoms with Gasteiger partial charge >= 0.3 is 0 Å². The summed E-state index contributed by atoms with van der Waals surface area (Å²) in [5.41, 5.74) is 5.94. The highest BCUT2D eigenvalue weighted by Gasteiger charge is 2.25. The van der Waals surface area contributed by atoms with Gasteiger partial charge in [-0.1, -0.05) is 12.2 Å². The molecule has 1 fully saturated rings. The summed E-state index contributed by atoms with van der Waals surface area (Å²) >= 11 is 0. The van der Waals surface area contributed by atoms with Crippen LogP contribution in [-0.2, 0) is 0 Å². The Labute approximate surface area is 93.5 Å². The van der Waals surface area contributed by atoms with Gasteiger partial charge in [0.1, 0.15) is 0 Å². The predicted molar refractivity (Wildman–Crippen MR) is 64.8 cm³/mol. The zero-order chi connectivity index (χ0) is 10.7. The molecule has 1 atom stereocenters. The van der Waals surface area contributed by atoms with Crippen molar-refractivity contribution in [3.63, 3.8) is 0 Å². The van der Waals surface area contributed by atoms with Gasteiger partial charge in [-0.2, -0.15) is 0 Å². The first-order valence-electron chi connectivity index (χ1n) is 6.41. The molecule has 0 aliphatic heterocycles. The minimum atomic E-state index is 0.469. The maximum absolute atomic E-state index is 5.94. The number of allylic oxidation sites excluding steroid dienone is 1. The highest BCUT2D eigenvalue weighted by Crippen LogP contribution is 2.25. The van der Waals surface area contributed by atoms with E-state index in [1.165, 1.54) is 44.9 Å². The Kier molecular flexibility index (Phi) is 3.81. The highest BCUT2D eigenvalue weighted by molar-refractivity contribution is 4.99. The lowest BCUT2D eigenvalue weighted by atomic mass is 9.89. The van der Waals surface area contributed by atoms with Crippen molar-refractivity contribution in [1.82, 2.24) is 4.90 Å². The Morgan fingerprint density at radius 3 is 2.47 bits per heavy atom. The van der Waals surface area contributed by atoms with E-state index in [0.717, 1.165) is 6.04 Å². The normalized spacial score (nSPS) is 37.1. The van der Waals surface area contributed by atoms with Crippen molar-refractivity contribution in [2.45, 2.75) is 63.1 Å². The van der Waals surface area contributed by atoms with Crippen molar-refractivity contribution in [3.05, 3.63) is 12.2 Å². The first kappa shape index (κ1) is 11.2. The Hall–Kier alpha value is -0.340. The van der Waals surface area contributed by atoms with Crippen LogP contribution in [0.5, 0.6) is 0 Å². The lowest BCUT2D eigenvalue weighted by Gasteiger charge is -2.38. The van der Waals surface area contributed by atoms with Crippen LogP contribution in [0.2, 0.25) is 0 Å². The van der Waals surface area contributed by atoms with Crippen LogP contribution in [0.1, 0.15) is 44.9 Å². The van der Waals surface area contributed by atoms with Crippen molar-refractivity contribution in [3.8, 4) is 0 Å². The molecule has 0 spiro atoms. The SMILES string of the molecule is CN(C1C=CCCC1)C1CCC(N)CC1. The zero-order valence-corrected chi connectivity index (χ0v) is 9.86. The molecular formula is C13H24N2. The average molecular weight is 208 g/mol. The van der Waals surface area contributed by atoms with Gasteiger partial charge in [0, 0.05) is 18.1 Å².